The van der Waals surface area contributed by atoms with Crippen molar-refractivity contribution in [2.24, 2.45) is 0 Å². The van der Waals surface area contributed by atoms with Gasteiger partial charge in [0, 0.05) is 17.2 Å². The third kappa shape index (κ3) is 4.93. The van der Waals surface area contributed by atoms with Crippen LogP contribution in [-0.4, -0.2) is 41.8 Å². The zero-order valence-electron chi connectivity index (χ0n) is 17.1. The molecule has 33 heavy (non-hydrogen) atoms. The Kier molecular flexibility index (Phi) is 6.22. The summed E-state index contributed by atoms with van der Waals surface area (Å²) in [6.07, 6.45) is 4.12. The van der Waals surface area contributed by atoms with Crippen molar-refractivity contribution < 1.29 is 14.0 Å². The van der Waals surface area contributed by atoms with Crippen molar-refractivity contribution in [1.82, 2.24) is 40.8 Å². The number of nitrogens with one attached hydrogen (secondary N) is 2. The van der Waals surface area contributed by atoms with Gasteiger partial charge in [0.05, 0.1) is 17.1 Å². The van der Waals surface area contributed by atoms with Gasteiger partial charge in [-0.2, -0.15) is 5.10 Å². The first kappa shape index (κ1) is 21.8. The van der Waals surface area contributed by atoms with Crippen LogP contribution in [0.1, 0.15) is 21.6 Å². The molecular formula is C21H16ClFN8O2. The fourth-order valence-electron chi connectivity index (χ4n) is 2.89. The van der Waals surface area contributed by atoms with Gasteiger partial charge in [-0.25, -0.2) is 13.8 Å². The van der Waals surface area contributed by atoms with E-state index >= 15 is 0 Å². The maximum atomic E-state index is 13.2. The summed E-state index contributed by atoms with van der Waals surface area (Å²) in [5.74, 6) is -1.45. The number of carbonyl (C=O) groups excluding carboxylic acids is 2. The lowest BCUT2D eigenvalue weighted by molar-refractivity contribution is -0.117. The maximum Gasteiger partial charge on any atom is 0.269 e. The number of tetrazole rings is 1. The zero-order chi connectivity index (χ0) is 23.4. The van der Waals surface area contributed by atoms with Gasteiger partial charge >= 0.3 is 0 Å². The molecule has 2 aromatic heterocycles. The monoisotopic (exact) mass is 466 g/mol. The van der Waals surface area contributed by atoms with Crippen LogP contribution in [0.15, 0.2) is 60.9 Å². The molecule has 0 saturated carbocycles. The number of hydrazine groups is 1. The van der Waals surface area contributed by atoms with Crippen LogP contribution in [0.3, 0.4) is 0 Å². The molecule has 2 amide bonds. The topological polar surface area (TPSA) is 120 Å². The second-order valence-electron chi connectivity index (χ2n) is 6.76. The van der Waals surface area contributed by atoms with Crippen LogP contribution in [0.25, 0.3) is 17.5 Å². The van der Waals surface area contributed by atoms with Crippen LogP contribution in [0, 0.1) is 12.7 Å². The van der Waals surface area contributed by atoms with E-state index in [0.29, 0.717) is 28.2 Å². The molecule has 166 valence electrons. The van der Waals surface area contributed by atoms with Gasteiger partial charge in [-0.1, -0.05) is 11.6 Å². The molecule has 2 aromatic carbocycles. The molecule has 0 aliphatic carbocycles. The molecule has 0 fully saturated rings. The minimum Gasteiger partial charge on any atom is -0.268 e. The highest BCUT2D eigenvalue weighted by atomic mass is 35.5. The van der Waals surface area contributed by atoms with E-state index in [-0.39, 0.29) is 11.0 Å². The first-order valence-corrected chi connectivity index (χ1v) is 9.93. The Morgan fingerprint density at radius 2 is 1.73 bits per heavy atom. The van der Waals surface area contributed by atoms with E-state index in [2.05, 4.69) is 31.5 Å². The van der Waals surface area contributed by atoms with Crippen molar-refractivity contribution in [3.05, 3.63) is 88.7 Å². The van der Waals surface area contributed by atoms with Gasteiger partial charge in [0.1, 0.15) is 17.3 Å². The van der Waals surface area contributed by atoms with Crippen LogP contribution in [0.4, 0.5) is 4.39 Å². The molecule has 0 bridgehead atoms. The van der Waals surface area contributed by atoms with Crippen LogP contribution in [-0.2, 0) is 4.79 Å². The molecule has 10 nitrogen and oxygen atoms in total. The molecular weight excluding hydrogens is 451 g/mol. The number of rotatable bonds is 5. The second kappa shape index (κ2) is 9.40. The van der Waals surface area contributed by atoms with Crippen molar-refractivity contribution >= 4 is 29.5 Å². The summed E-state index contributed by atoms with van der Waals surface area (Å²) in [5.41, 5.74) is 7.30. The van der Waals surface area contributed by atoms with E-state index in [9.17, 15) is 14.0 Å². The van der Waals surface area contributed by atoms with Gasteiger partial charge in [-0.05, 0) is 72.0 Å². The minimum absolute atomic E-state index is 0.259. The Balaban J connectivity index is 1.37. The molecule has 0 saturated heterocycles. The van der Waals surface area contributed by atoms with Gasteiger partial charge in [-0.15, -0.1) is 5.10 Å². The van der Waals surface area contributed by atoms with E-state index in [1.807, 2.05) is 0 Å². The first-order chi connectivity index (χ1) is 15.9. The van der Waals surface area contributed by atoms with Gasteiger partial charge in [0.2, 0.25) is 0 Å². The Labute approximate surface area is 191 Å². The molecule has 0 aliphatic rings. The molecule has 12 heteroatoms. The van der Waals surface area contributed by atoms with E-state index < -0.39 is 11.8 Å². The van der Waals surface area contributed by atoms with Gasteiger partial charge < -0.3 is 0 Å². The summed E-state index contributed by atoms with van der Waals surface area (Å²) in [5, 5.41) is 15.4. The van der Waals surface area contributed by atoms with Crippen LogP contribution < -0.4 is 10.9 Å². The largest absolute Gasteiger partial charge is 0.269 e. The predicted molar refractivity (Wildman–Crippen MR) is 117 cm³/mol. The first-order valence-electron chi connectivity index (χ1n) is 9.55. The number of hydrogen-bond acceptors (Lipinski definition) is 6. The summed E-state index contributed by atoms with van der Waals surface area (Å²) in [4.78, 5) is 24.4. The molecule has 0 radical (unpaired) electrons. The van der Waals surface area contributed by atoms with Crippen LogP contribution in [0.2, 0.25) is 5.15 Å². The quantitative estimate of drug-likeness (QED) is 0.344. The maximum absolute atomic E-state index is 13.2. The van der Waals surface area contributed by atoms with Gasteiger partial charge in [0.15, 0.2) is 0 Å². The molecule has 0 atom stereocenters. The van der Waals surface area contributed by atoms with E-state index in [0.717, 1.165) is 0 Å². The lowest BCUT2D eigenvalue weighted by Gasteiger charge is -2.06. The average Bonchev–Trinajstić information content (AvgIpc) is 3.45. The highest BCUT2D eigenvalue weighted by molar-refractivity contribution is 6.31. The molecule has 2 N–H and O–H groups in total. The number of benzene rings is 2. The summed E-state index contributed by atoms with van der Waals surface area (Å²) >= 11 is 6.38. The number of aromatic nitrogens is 6. The van der Waals surface area contributed by atoms with Crippen molar-refractivity contribution in [3.63, 3.8) is 0 Å². The summed E-state index contributed by atoms with van der Waals surface area (Å²) in [7, 11) is 0. The molecule has 2 heterocycles. The van der Waals surface area contributed by atoms with Crippen LogP contribution in [0.5, 0.6) is 0 Å². The number of amides is 2. The zero-order valence-corrected chi connectivity index (χ0v) is 17.9. The fourth-order valence-corrected chi connectivity index (χ4v) is 3.23. The molecule has 4 aromatic rings. The van der Waals surface area contributed by atoms with E-state index in [1.165, 1.54) is 40.0 Å². The van der Waals surface area contributed by atoms with Crippen molar-refractivity contribution in [3.8, 4) is 11.4 Å². The lowest BCUT2D eigenvalue weighted by Crippen LogP contribution is -2.40. The fraction of sp³-hybridized carbons (Fsp3) is 0.0476. The Bertz CT molecular complexity index is 1320. The van der Waals surface area contributed by atoms with Crippen molar-refractivity contribution in [2.75, 3.05) is 0 Å². The number of hydrogen-bond donors (Lipinski definition) is 2. The van der Waals surface area contributed by atoms with Crippen molar-refractivity contribution in [1.29, 1.82) is 0 Å². The Morgan fingerprint density at radius 3 is 2.39 bits per heavy atom. The van der Waals surface area contributed by atoms with E-state index in [4.69, 9.17) is 11.6 Å². The molecule has 4 rings (SSSR count). The summed E-state index contributed by atoms with van der Waals surface area (Å²) in [6.45, 7) is 1.73. The molecule has 0 unspecified atom stereocenters. The highest BCUT2D eigenvalue weighted by Gasteiger charge is 2.13. The predicted octanol–water partition coefficient (Wildman–Crippen LogP) is 2.42. The average molecular weight is 467 g/mol. The standard InChI is InChI=1S/C21H16ClFN8O2/c1-13-18(20(22)31(27-13)17-8-4-15(23)5-9-17)10-11-19(32)25-26-21(33)14-2-6-16(7-3-14)30-12-24-28-29-30/h2-12H,1H3,(H,25,32)(H,26,33)/b11-10+. The SMILES string of the molecule is Cc1nn(-c2ccc(F)cc2)c(Cl)c1/C=C/C(=O)NNC(=O)c1ccc(-n2cnnn2)cc1. The third-order valence-electron chi connectivity index (χ3n) is 4.56. The number of halogens is 2. The normalized spacial score (nSPS) is 11.0. The van der Waals surface area contributed by atoms with Crippen LogP contribution >= 0.6 is 11.6 Å². The molecule has 0 aliphatic heterocycles. The number of carbonyl (C=O) groups is 2. The summed E-state index contributed by atoms with van der Waals surface area (Å²) in [6, 6.07) is 12.1. The Hall–Kier alpha value is -4.38. The molecule has 0 spiro atoms. The Morgan fingerprint density at radius 1 is 1.03 bits per heavy atom. The highest BCUT2D eigenvalue weighted by Crippen LogP contribution is 2.24. The number of nitrogens with zero attached hydrogens (tertiary/aromatic N) is 6. The lowest BCUT2D eigenvalue weighted by atomic mass is 10.2. The van der Waals surface area contributed by atoms with Crippen molar-refractivity contribution in [2.45, 2.75) is 6.92 Å². The van der Waals surface area contributed by atoms with Gasteiger partial charge in [0.25, 0.3) is 11.8 Å². The number of aryl methyl sites for hydroxylation is 1. The minimum atomic E-state index is -0.571. The second-order valence-corrected chi connectivity index (χ2v) is 7.11. The summed E-state index contributed by atoms with van der Waals surface area (Å²) < 4.78 is 16.0. The smallest absolute Gasteiger partial charge is 0.268 e. The third-order valence-corrected chi connectivity index (χ3v) is 4.93. The van der Waals surface area contributed by atoms with Gasteiger partial charge in [-0.3, -0.25) is 20.4 Å². The van der Waals surface area contributed by atoms with E-state index in [1.54, 1.807) is 43.3 Å².